The molecule has 1 aromatic heterocycles. The molecular formula is C23H31N3O2. The fourth-order valence-electron chi connectivity index (χ4n) is 4.19. The molecular weight excluding hydrogens is 350 g/mol. The van der Waals surface area contributed by atoms with E-state index in [4.69, 9.17) is 4.42 Å². The van der Waals surface area contributed by atoms with E-state index in [9.17, 15) is 4.79 Å². The Hall–Kier alpha value is -2.17. The number of carbonyl (C=O) groups is 1. The first-order chi connectivity index (χ1) is 13.7. The third-order valence-electron chi connectivity index (χ3n) is 6.06. The minimum Gasteiger partial charge on any atom is -0.425 e. The number of amides is 1. The van der Waals surface area contributed by atoms with Crippen LogP contribution < -0.4 is 0 Å². The van der Waals surface area contributed by atoms with Gasteiger partial charge in [-0.15, -0.1) is 10.2 Å². The lowest BCUT2D eigenvalue weighted by Gasteiger charge is -2.28. The van der Waals surface area contributed by atoms with Crippen LogP contribution in [-0.2, 0) is 24.1 Å². The molecule has 0 N–H and O–H groups in total. The molecule has 150 valence electrons. The predicted octanol–water partition coefficient (Wildman–Crippen LogP) is 4.21. The molecule has 2 fully saturated rings. The molecule has 5 nitrogen and oxygen atoms in total. The molecule has 0 saturated heterocycles. The van der Waals surface area contributed by atoms with Gasteiger partial charge in [-0.1, -0.05) is 30.3 Å². The number of aromatic nitrogens is 2. The summed E-state index contributed by atoms with van der Waals surface area (Å²) in [6, 6.07) is 11.0. The molecule has 1 amide bonds. The highest BCUT2D eigenvalue weighted by Gasteiger charge is 2.44. The van der Waals surface area contributed by atoms with Crippen molar-refractivity contribution in [3.05, 3.63) is 47.7 Å². The fourth-order valence-corrected chi connectivity index (χ4v) is 4.19. The zero-order chi connectivity index (χ0) is 19.3. The van der Waals surface area contributed by atoms with Gasteiger partial charge < -0.3 is 9.32 Å². The summed E-state index contributed by atoms with van der Waals surface area (Å²) in [7, 11) is 1.98. The van der Waals surface area contributed by atoms with Crippen molar-refractivity contribution in [1.82, 2.24) is 15.1 Å². The second-order valence-electron chi connectivity index (χ2n) is 8.45. The molecule has 2 saturated carbocycles. The average Bonchev–Trinajstić information content (AvgIpc) is 3.65. The Labute approximate surface area is 167 Å². The van der Waals surface area contributed by atoms with E-state index in [0.29, 0.717) is 30.7 Å². The molecule has 1 aromatic carbocycles. The van der Waals surface area contributed by atoms with Crippen molar-refractivity contribution in [3.8, 4) is 0 Å². The van der Waals surface area contributed by atoms with E-state index in [-0.39, 0.29) is 5.91 Å². The van der Waals surface area contributed by atoms with Gasteiger partial charge in [0.25, 0.3) is 0 Å². The summed E-state index contributed by atoms with van der Waals surface area (Å²) in [5, 5.41) is 8.29. The minimum atomic E-state index is 0.214. The van der Waals surface area contributed by atoms with Gasteiger partial charge in [0.15, 0.2) is 0 Å². The number of unbranched alkanes of at least 4 members (excludes halogenated alkanes) is 1. The van der Waals surface area contributed by atoms with Crippen molar-refractivity contribution < 1.29 is 9.21 Å². The monoisotopic (exact) mass is 381 g/mol. The summed E-state index contributed by atoms with van der Waals surface area (Å²) >= 11 is 0. The quantitative estimate of drug-likeness (QED) is 0.547. The van der Waals surface area contributed by atoms with Gasteiger partial charge >= 0.3 is 0 Å². The molecule has 0 atom stereocenters. The Kier molecular flexibility index (Phi) is 6.08. The van der Waals surface area contributed by atoms with E-state index in [0.717, 1.165) is 37.5 Å². The van der Waals surface area contributed by atoms with Crippen LogP contribution in [0.4, 0.5) is 0 Å². The maximum Gasteiger partial charge on any atom is 0.223 e. The van der Waals surface area contributed by atoms with Crippen LogP contribution in [0.25, 0.3) is 0 Å². The summed E-state index contributed by atoms with van der Waals surface area (Å²) < 4.78 is 5.75. The molecule has 0 unspecified atom stereocenters. The molecule has 1 heterocycles. The summed E-state index contributed by atoms with van der Waals surface area (Å²) in [5.74, 6) is 2.98. The van der Waals surface area contributed by atoms with Crippen molar-refractivity contribution in [1.29, 1.82) is 0 Å². The highest BCUT2D eigenvalue weighted by atomic mass is 16.4. The van der Waals surface area contributed by atoms with E-state index in [1.54, 1.807) is 0 Å². The number of carbonyl (C=O) groups excluding carboxylic acids is 1. The second-order valence-corrected chi connectivity index (χ2v) is 8.45. The van der Waals surface area contributed by atoms with Crippen LogP contribution in [0.1, 0.15) is 62.3 Å². The standard InChI is InChI=1S/C23H31N3O2/c1-26(23(18-11-12-18)19-13-14-19)22(27)16-15-21-25-24-20(28-21)10-6-5-9-17-7-3-2-4-8-17/h2-4,7-8,18-19,23H,5-6,9-16H2,1H3. The van der Waals surface area contributed by atoms with E-state index >= 15 is 0 Å². The van der Waals surface area contributed by atoms with Gasteiger partial charge in [0.05, 0.1) is 0 Å². The van der Waals surface area contributed by atoms with Crippen LogP contribution >= 0.6 is 0 Å². The van der Waals surface area contributed by atoms with Gasteiger partial charge in [-0.3, -0.25) is 4.79 Å². The number of hydrogen-bond donors (Lipinski definition) is 0. The summed E-state index contributed by atoms with van der Waals surface area (Å²) in [6.07, 6.45) is 10.2. The first-order valence-corrected chi connectivity index (χ1v) is 10.8. The van der Waals surface area contributed by atoms with Gasteiger partial charge in [0.2, 0.25) is 17.7 Å². The summed E-state index contributed by atoms with van der Waals surface area (Å²) in [4.78, 5) is 14.6. The molecule has 0 radical (unpaired) electrons. The lowest BCUT2D eigenvalue weighted by atomic mass is 10.1. The SMILES string of the molecule is CN(C(=O)CCc1nnc(CCCCc2ccccc2)o1)C(C1CC1)C1CC1. The molecule has 2 aromatic rings. The molecule has 0 spiro atoms. The lowest BCUT2D eigenvalue weighted by Crippen LogP contribution is -2.40. The Morgan fingerprint density at radius 1 is 1.00 bits per heavy atom. The molecule has 4 rings (SSSR count). The number of hydrogen-bond acceptors (Lipinski definition) is 4. The highest BCUT2D eigenvalue weighted by Crippen LogP contribution is 2.46. The van der Waals surface area contributed by atoms with Crippen molar-refractivity contribution >= 4 is 5.91 Å². The van der Waals surface area contributed by atoms with Gasteiger partial charge in [0, 0.05) is 32.4 Å². The molecule has 2 aliphatic carbocycles. The van der Waals surface area contributed by atoms with E-state index in [1.807, 2.05) is 18.0 Å². The van der Waals surface area contributed by atoms with Crippen LogP contribution in [0, 0.1) is 11.8 Å². The van der Waals surface area contributed by atoms with Crippen LogP contribution in [0.3, 0.4) is 0 Å². The van der Waals surface area contributed by atoms with Crippen LogP contribution in [0.2, 0.25) is 0 Å². The lowest BCUT2D eigenvalue weighted by molar-refractivity contribution is -0.132. The molecule has 0 bridgehead atoms. The first kappa shape index (κ1) is 19.2. The van der Waals surface area contributed by atoms with Gasteiger partial charge in [-0.2, -0.15) is 0 Å². The normalized spacial score (nSPS) is 16.5. The third kappa shape index (κ3) is 5.21. The molecule has 0 aliphatic heterocycles. The summed E-state index contributed by atoms with van der Waals surface area (Å²) in [5.41, 5.74) is 1.37. The van der Waals surface area contributed by atoms with Crippen molar-refractivity contribution in [2.24, 2.45) is 11.8 Å². The van der Waals surface area contributed by atoms with Crippen LogP contribution in [-0.4, -0.2) is 34.1 Å². The summed E-state index contributed by atoms with van der Waals surface area (Å²) in [6.45, 7) is 0. The van der Waals surface area contributed by atoms with Crippen molar-refractivity contribution in [2.45, 2.75) is 70.3 Å². The van der Waals surface area contributed by atoms with E-state index in [2.05, 4.69) is 34.5 Å². The second kappa shape index (κ2) is 8.89. The van der Waals surface area contributed by atoms with Crippen LogP contribution in [0.5, 0.6) is 0 Å². The van der Waals surface area contributed by atoms with E-state index in [1.165, 1.54) is 31.2 Å². The molecule has 2 aliphatic rings. The van der Waals surface area contributed by atoms with Gasteiger partial charge in [-0.25, -0.2) is 0 Å². The van der Waals surface area contributed by atoms with Crippen molar-refractivity contribution in [2.75, 3.05) is 7.05 Å². The number of aryl methyl sites for hydroxylation is 3. The first-order valence-electron chi connectivity index (χ1n) is 10.8. The topological polar surface area (TPSA) is 59.2 Å². The predicted molar refractivity (Wildman–Crippen MR) is 108 cm³/mol. The zero-order valence-corrected chi connectivity index (χ0v) is 16.8. The fraction of sp³-hybridized carbons (Fsp3) is 0.609. The van der Waals surface area contributed by atoms with E-state index < -0.39 is 0 Å². The number of nitrogens with zero attached hydrogens (tertiary/aromatic N) is 3. The smallest absolute Gasteiger partial charge is 0.223 e. The van der Waals surface area contributed by atoms with Gasteiger partial charge in [0.1, 0.15) is 0 Å². The van der Waals surface area contributed by atoms with Gasteiger partial charge in [-0.05, 0) is 62.3 Å². The highest BCUT2D eigenvalue weighted by molar-refractivity contribution is 5.76. The minimum absolute atomic E-state index is 0.214. The number of benzene rings is 1. The third-order valence-corrected chi connectivity index (χ3v) is 6.06. The Bertz CT molecular complexity index is 753. The van der Waals surface area contributed by atoms with Crippen molar-refractivity contribution in [3.63, 3.8) is 0 Å². The Morgan fingerprint density at radius 3 is 2.25 bits per heavy atom. The largest absolute Gasteiger partial charge is 0.425 e. The number of rotatable bonds is 11. The van der Waals surface area contributed by atoms with Crippen LogP contribution in [0.15, 0.2) is 34.7 Å². The zero-order valence-electron chi connectivity index (χ0n) is 16.8. The maximum atomic E-state index is 12.6. The maximum absolute atomic E-state index is 12.6. The molecule has 5 heteroatoms. The Morgan fingerprint density at radius 2 is 1.61 bits per heavy atom. The molecule has 28 heavy (non-hydrogen) atoms. The average molecular weight is 382 g/mol. The Balaban J connectivity index is 1.17.